The van der Waals surface area contributed by atoms with E-state index in [1.165, 1.54) is 54.4 Å². The van der Waals surface area contributed by atoms with Crippen molar-refractivity contribution in [3.8, 4) is 33.5 Å². The van der Waals surface area contributed by atoms with Crippen LogP contribution < -0.4 is 25.2 Å². The Bertz CT molecular complexity index is 3070. The lowest BCUT2D eigenvalue weighted by Crippen LogP contribution is -2.57. The average Bonchev–Trinajstić information content (AvgIpc) is 4.08. The van der Waals surface area contributed by atoms with Gasteiger partial charge in [0.05, 0.1) is 69.8 Å². The molecule has 2 N–H and O–H groups in total. The topological polar surface area (TPSA) is 170 Å². The summed E-state index contributed by atoms with van der Waals surface area (Å²) >= 11 is 6.95. The maximum absolute atomic E-state index is 15.5. The quantitative estimate of drug-likeness (QED) is 0.0712. The van der Waals surface area contributed by atoms with Crippen molar-refractivity contribution in [2.75, 3.05) is 41.5 Å². The van der Waals surface area contributed by atoms with Gasteiger partial charge in [-0.1, -0.05) is 32.9 Å². The Kier molecular flexibility index (Phi) is 16.6. The molecule has 24 heteroatoms. The number of anilines is 3. The summed E-state index contributed by atoms with van der Waals surface area (Å²) < 4.78 is 126. The van der Waals surface area contributed by atoms with E-state index in [-0.39, 0.29) is 36.0 Å². The molecular weight excluding hydrogens is 1050 g/mol. The predicted molar refractivity (Wildman–Crippen MR) is 270 cm³/mol. The van der Waals surface area contributed by atoms with Gasteiger partial charge in [-0.05, 0) is 111 Å². The molecule has 4 amide bonds. The molecule has 7 rings (SSSR count). The molecule has 2 saturated heterocycles. The number of aryl methyl sites for hydroxylation is 1. The maximum Gasteiger partial charge on any atom is 0.420 e. The number of benzene rings is 3. The van der Waals surface area contributed by atoms with Crippen molar-refractivity contribution in [3.63, 3.8) is 0 Å². The normalized spacial score (nSPS) is 16.6. The van der Waals surface area contributed by atoms with Crippen LogP contribution in [0.4, 0.5) is 52.2 Å². The van der Waals surface area contributed by atoms with Gasteiger partial charge in [0.15, 0.2) is 10.9 Å². The summed E-state index contributed by atoms with van der Waals surface area (Å²) in [6.45, 7) is 8.51. The Balaban J connectivity index is 0.918. The molecule has 0 aliphatic carbocycles. The SMILES string of the molecule is Cc1ncsc1-c1ccc(NC(=O)C2CCCN2C(=O)C(NC(=O)COCC(F)CCOc2ccc(-c3ccc(N4C(=S)N(c5ccc(C#N)c(C(F)(F)F)c5F)C(=O)C4(C)C)cn3)c(C(F)(F)F)c2)C(C)(C)C)cc1. The van der Waals surface area contributed by atoms with Crippen molar-refractivity contribution in [1.29, 1.82) is 5.26 Å². The number of rotatable bonds is 16. The van der Waals surface area contributed by atoms with Crippen LogP contribution in [0.25, 0.3) is 21.7 Å². The molecule has 0 bridgehead atoms. The highest BCUT2D eigenvalue weighted by atomic mass is 32.1. The van der Waals surface area contributed by atoms with Crippen LogP contribution in [0.3, 0.4) is 0 Å². The van der Waals surface area contributed by atoms with Gasteiger partial charge in [0, 0.05) is 24.2 Å². The molecule has 76 heavy (non-hydrogen) atoms. The fourth-order valence-corrected chi connectivity index (χ4v) is 10.1. The van der Waals surface area contributed by atoms with E-state index in [2.05, 4.69) is 20.6 Å². The minimum Gasteiger partial charge on any atom is -0.493 e. The van der Waals surface area contributed by atoms with Crippen molar-refractivity contribution >= 4 is 69.4 Å². The summed E-state index contributed by atoms with van der Waals surface area (Å²) in [5, 5.41) is 14.3. The van der Waals surface area contributed by atoms with Crippen molar-refractivity contribution in [2.45, 2.75) is 97.0 Å². The van der Waals surface area contributed by atoms with E-state index >= 15 is 4.39 Å². The first kappa shape index (κ1) is 56.6. The number of amides is 4. The fourth-order valence-electron chi connectivity index (χ4n) is 8.79. The summed E-state index contributed by atoms with van der Waals surface area (Å²) in [4.78, 5) is 66.7. The van der Waals surface area contributed by atoms with Crippen LogP contribution in [-0.4, -0.2) is 93.8 Å². The molecule has 2 fully saturated rings. The molecule has 2 aromatic heterocycles. The molecule has 2 aliphatic heterocycles. The van der Waals surface area contributed by atoms with Crippen LogP contribution >= 0.6 is 23.6 Å². The fraction of sp³-hybridized carbons (Fsp3) is 0.385. The largest absolute Gasteiger partial charge is 0.493 e. The first-order valence-electron chi connectivity index (χ1n) is 23.6. The predicted octanol–water partition coefficient (Wildman–Crippen LogP) is 10.4. The number of thiocarbonyl (C=S) groups is 1. The van der Waals surface area contributed by atoms with Crippen LogP contribution in [0.2, 0.25) is 0 Å². The number of hydrogen-bond donors (Lipinski definition) is 2. The third-order valence-electron chi connectivity index (χ3n) is 12.7. The highest BCUT2D eigenvalue weighted by Crippen LogP contribution is 2.43. The number of nitriles is 1. The smallest absolute Gasteiger partial charge is 0.420 e. The molecule has 4 heterocycles. The summed E-state index contributed by atoms with van der Waals surface area (Å²) in [6.07, 6.45) is -10.3. The Labute approximate surface area is 441 Å². The summed E-state index contributed by atoms with van der Waals surface area (Å²) in [6, 6.07) is 13.7. The molecule has 3 aromatic carbocycles. The van der Waals surface area contributed by atoms with E-state index in [0.29, 0.717) is 35.6 Å². The number of alkyl halides is 7. The van der Waals surface area contributed by atoms with Gasteiger partial charge in [0.25, 0.3) is 5.91 Å². The van der Waals surface area contributed by atoms with Crippen molar-refractivity contribution in [1.82, 2.24) is 20.2 Å². The number of carbonyl (C=O) groups excluding carboxylic acids is 4. The van der Waals surface area contributed by atoms with E-state index < -0.39 is 118 Å². The zero-order valence-electron chi connectivity index (χ0n) is 41.7. The lowest BCUT2D eigenvalue weighted by Gasteiger charge is -2.35. The van der Waals surface area contributed by atoms with Crippen LogP contribution in [0, 0.1) is 29.5 Å². The number of carbonyl (C=O) groups is 4. The van der Waals surface area contributed by atoms with Crippen molar-refractivity contribution < 1.29 is 63.8 Å². The van der Waals surface area contributed by atoms with Crippen LogP contribution in [0.5, 0.6) is 5.75 Å². The van der Waals surface area contributed by atoms with E-state index in [0.717, 1.165) is 39.4 Å². The molecule has 3 unspecified atom stereocenters. The summed E-state index contributed by atoms with van der Waals surface area (Å²) in [5.41, 5.74) is -3.84. The highest BCUT2D eigenvalue weighted by Gasteiger charge is 2.52. The van der Waals surface area contributed by atoms with E-state index in [4.69, 9.17) is 21.7 Å². The second-order valence-electron chi connectivity index (χ2n) is 19.5. The number of aromatic nitrogens is 2. The van der Waals surface area contributed by atoms with Gasteiger partial charge in [-0.2, -0.15) is 31.6 Å². The molecule has 0 spiro atoms. The van der Waals surface area contributed by atoms with Gasteiger partial charge in [0.1, 0.15) is 41.7 Å². The number of pyridine rings is 1. The molecular formula is C52H50F8N8O6S2. The third kappa shape index (κ3) is 12.1. The lowest BCUT2D eigenvalue weighted by atomic mass is 9.85. The first-order valence-corrected chi connectivity index (χ1v) is 24.8. The molecule has 402 valence electrons. The minimum atomic E-state index is -5.30. The lowest BCUT2D eigenvalue weighted by molar-refractivity contribution is -0.143. The zero-order chi connectivity index (χ0) is 55.7. The number of halogens is 8. The second kappa shape index (κ2) is 22.2. The zero-order valence-corrected chi connectivity index (χ0v) is 43.3. The third-order valence-corrected chi connectivity index (χ3v) is 14.0. The highest BCUT2D eigenvalue weighted by molar-refractivity contribution is 7.81. The van der Waals surface area contributed by atoms with Gasteiger partial charge >= 0.3 is 12.4 Å². The van der Waals surface area contributed by atoms with Crippen LogP contribution in [0.1, 0.15) is 76.3 Å². The molecule has 5 aromatic rings. The Morgan fingerprint density at radius 3 is 2.30 bits per heavy atom. The number of hydrogen-bond acceptors (Lipinski definition) is 11. The Morgan fingerprint density at radius 2 is 1.70 bits per heavy atom. The number of nitrogens with zero attached hydrogens (tertiary/aromatic N) is 6. The number of nitrogens with one attached hydrogen (secondary N) is 2. The first-order chi connectivity index (χ1) is 35.6. The van der Waals surface area contributed by atoms with E-state index in [1.54, 1.807) is 38.4 Å². The summed E-state index contributed by atoms with van der Waals surface area (Å²) in [5.74, 6) is -4.68. The average molecular weight is 1100 g/mol. The standard InChI is InChI=1S/C52H50F8N8O6S2/c1-28-43(76-27-63-28)29-9-12-32(13-10-29)64-45(70)39-8-7-20-66(39)46(71)44(49(2,3)4)65-40(69)26-73-25-31(53)19-21-74-34-15-16-35(36(22-34)51(55,56)57)37-17-14-33(24-62-37)68-48(75)67(47(72)50(68,5)6)38-18-11-30(23-61)41(42(38)54)52(58,59)60/h9-18,22,24,27,31,39,44H,7-8,19-21,25-26H2,1-6H3,(H,64,70)(H,65,69). The Hall–Kier alpha value is -7.10. The molecule has 0 saturated carbocycles. The summed E-state index contributed by atoms with van der Waals surface area (Å²) in [7, 11) is 0. The monoisotopic (exact) mass is 1100 g/mol. The molecule has 3 atom stereocenters. The number of likely N-dealkylation sites (tertiary alicyclic amines) is 1. The van der Waals surface area contributed by atoms with Crippen molar-refractivity contribution in [3.05, 3.63) is 107 Å². The van der Waals surface area contributed by atoms with Gasteiger partial charge in [0.2, 0.25) is 17.7 Å². The molecule has 14 nitrogen and oxygen atoms in total. The van der Waals surface area contributed by atoms with Gasteiger partial charge in [-0.15, -0.1) is 11.3 Å². The van der Waals surface area contributed by atoms with Crippen LogP contribution in [0.15, 0.2) is 78.4 Å². The van der Waals surface area contributed by atoms with Crippen molar-refractivity contribution in [2.24, 2.45) is 5.41 Å². The van der Waals surface area contributed by atoms with Gasteiger partial charge in [-0.3, -0.25) is 29.1 Å². The maximum atomic E-state index is 15.5. The van der Waals surface area contributed by atoms with Crippen LogP contribution in [-0.2, 0) is 36.3 Å². The van der Waals surface area contributed by atoms with Gasteiger partial charge in [-0.25, -0.2) is 13.8 Å². The molecule has 2 aliphatic rings. The second-order valence-corrected chi connectivity index (χ2v) is 20.7. The Morgan fingerprint density at radius 1 is 0.987 bits per heavy atom. The number of ether oxygens (including phenoxy) is 2. The minimum absolute atomic E-state index is 0.0262. The van der Waals surface area contributed by atoms with Gasteiger partial charge < -0.3 is 29.9 Å². The van der Waals surface area contributed by atoms with E-state index in [1.807, 2.05) is 19.1 Å². The molecule has 0 radical (unpaired) electrons. The number of thiazole rings is 1. The van der Waals surface area contributed by atoms with E-state index in [9.17, 15) is 55.2 Å².